The minimum absolute atomic E-state index is 0.0207. The summed E-state index contributed by atoms with van der Waals surface area (Å²) in [6, 6.07) is 4.25. The van der Waals surface area contributed by atoms with Crippen LogP contribution in [0.3, 0.4) is 0 Å². The lowest BCUT2D eigenvalue weighted by Crippen LogP contribution is -2.52. The molecule has 0 aliphatic carbocycles. The van der Waals surface area contributed by atoms with E-state index in [-0.39, 0.29) is 36.0 Å². The molecule has 0 radical (unpaired) electrons. The van der Waals surface area contributed by atoms with Gasteiger partial charge in [-0.05, 0) is 24.5 Å². The van der Waals surface area contributed by atoms with Gasteiger partial charge in [-0.15, -0.1) is 0 Å². The maximum absolute atomic E-state index is 11.5. The molecule has 0 saturated carbocycles. The first kappa shape index (κ1) is 21.6. The fourth-order valence-corrected chi connectivity index (χ4v) is 3.04. The Morgan fingerprint density at radius 3 is 2.39 bits per heavy atom. The normalized spacial score (nSPS) is 27.0. The number of carbonyl (C=O) groups excluding carboxylic acids is 2. The van der Waals surface area contributed by atoms with Gasteiger partial charge in [-0.2, -0.15) is 0 Å². The SMILES string of the molecule is CC(=O)OCc1ccc(O[C@@H]2OC(C)[C@@H](C)[C@H](C)C2OC(C)=O)c([N+](=O)[O-])c1. The number of nitro groups is 1. The molecule has 0 bridgehead atoms. The number of ether oxygens (including phenoxy) is 4. The second-order valence-electron chi connectivity index (χ2n) is 6.96. The number of hydrogen-bond acceptors (Lipinski definition) is 8. The second kappa shape index (κ2) is 9.01. The van der Waals surface area contributed by atoms with E-state index in [2.05, 4.69) is 0 Å². The minimum atomic E-state index is -0.983. The highest BCUT2D eigenvalue weighted by Gasteiger charge is 2.43. The van der Waals surface area contributed by atoms with E-state index in [0.29, 0.717) is 5.56 Å². The predicted molar refractivity (Wildman–Crippen MR) is 97.4 cm³/mol. The van der Waals surface area contributed by atoms with Crippen LogP contribution in [0.25, 0.3) is 0 Å². The van der Waals surface area contributed by atoms with Gasteiger partial charge in [0.25, 0.3) is 0 Å². The van der Waals surface area contributed by atoms with Crippen molar-refractivity contribution >= 4 is 17.6 Å². The van der Waals surface area contributed by atoms with Crippen LogP contribution in [-0.4, -0.2) is 35.4 Å². The van der Waals surface area contributed by atoms with Crippen LogP contribution in [0, 0.1) is 22.0 Å². The molecule has 154 valence electrons. The van der Waals surface area contributed by atoms with E-state index in [1.807, 2.05) is 20.8 Å². The quantitative estimate of drug-likeness (QED) is 0.410. The van der Waals surface area contributed by atoms with Gasteiger partial charge in [-0.1, -0.05) is 19.9 Å². The predicted octanol–water partition coefficient (Wildman–Crippen LogP) is 2.99. The number of benzene rings is 1. The first-order chi connectivity index (χ1) is 13.1. The lowest BCUT2D eigenvalue weighted by atomic mass is 9.84. The Labute approximate surface area is 163 Å². The van der Waals surface area contributed by atoms with Gasteiger partial charge in [0, 0.05) is 25.8 Å². The monoisotopic (exact) mass is 395 g/mol. The molecule has 0 N–H and O–H groups in total. The van der Waals surface area contributed by atoms with E-state index in [4.69, 9.17) is 18.9 Å². The molecule has 1 aliphatic heterocycles. The maximum Gasteiger partial charge on any atom is 0.311 e. The molecule has 9 nitrogen and oxygen atoms in total. The summed E-state index contributed by atoms with van der Waals surface area (Å²) in [7, 11) is 0. The Hall–Kier alpha value is -2.68. The maximum atomic E-state index is 11.5. The molecule has 1 aromatic carbocycles. The van der Waals surface area contributed by atoms with Gasteiger partial charge in [0.15, 0.2) is 11.9 Å². The van der Waals surface area contributed by atoms with Gasteiger partial charge >= 0.3 is 17.6 Å². The van der Waals surface area contributed by atoms with E-state index >= 15 is 0 Å². The first-order valence-corrected chi connectivity index (χ1v) is 9.00. The van der Waals surface area contributed by atoms with Crippen molar-refractivity contribution in [2.45, 2.75) is 59.7 Å². The number of nitro benzene ring substituents is 1. The molecule has 2 unspecified atom stereocenters. The molecule has 0 aromatic heterocycles. The van der Waals surface area contributed by atoms with E-state index in [0.717, 1.165) is 0 Å². The number of hydrogen-bond donors (Lipinski definition) is 0. The molecule has 0 amide bonds. The van der Waals surface area contributed by atoms with Gasteiger partial charge in [-0.25, -0.2) is 0 Å². The summed E-state index contributed by atoms with van der Waals surface area (Å²) in [5, 5.41) is 11.5. The molecular weight excluding hydrogens is 370 g/mol. The van der Waals surface area contributed by atoms with Crippen LogP contribution in [0.15, 0.2) is 18.2 Å². The summed E-state index contributed by atoms with van der Waals surface area (Å²) >= 11 is 0. The second-order valence-corrected chi connectivity index (χ2v) is 6.96. The van der Waals surface area contributed by atoms with Gasteiger partial charge in [0.1, 0.15) is 6.61 Å². The molecule has 1 saturated heterocycles. The van der Waals surface area contributed by atoms with E-state index in [1.165, 1.54) is 26.0 Å². The summed E-state index contributed by atoms with van der Waals surface area (Å²) in [6.07, 6.45) is -1.87. The summed E-state index contributed by atoms with van der Waals surface area (Å²) in [5.41, 5.74) is 0.152. The van der Waals surface area contributed by atoms with Crippen LogP contribution in [-0.2, 0) is 30.4 Å². The van der Waals surface area contributed by atoms with E-state index in [9.17, 15) is 19.7 Å². The zero-order chi connectivity index (χ0) is 21.0. The van der Waals surface area contributed by atoms with E-state index < -0.39 is 29.3 Å². The molecule has 5 atom stereocenters. The molecule has 0 spiro atoms. The molecule has 1 fully saturated rings. The smallest absolute Gasteiger partial charge is 0.311 e. The van der Waals surface area contributed by atoms with Crippen molar-refractivity contribution in [1.82, 2.24) is 0 Å². The molecule has 2 rings (SSSR count). The third-order valence-electron chi connectivity index (χ3n) is 4.91. The van der Waals surface area contributed by atoms with Crippen molar-refractivity contribution in [2.24, 2.45) is 11.8 Å². The van der Waals surface area contributed by atoms with Crippen molar-refractivity contribution in [2.75, 3.05) is 0 Å². The summed E-state index contributed by atoms with van der Waals surface area (Å²) in [4.78, 5) is 33.3. The highest BCUT2D eigenvalue weighted by Crippen LogP contribution is 2.36. The Kier molecular flexibility index (Phi) is 6.95. The van der Waals surface area contributed by atoms with Crippen molar-refractivity contribution in [3.63, 3.8) is 0 Å². The average molecular weight is 395 g/mol. The lowest BCUT2D eigenvalue weighted by molar-refractivity contribution is -0.387. The van der Waals surface area contributed by atoms with Crippen molar-refractivity contribution in [3.8, 4) is 5.75 Å². The van der Waals surface area contributed by atoms with Crippen LogP contribution < -0.4 is 4.74 Å². The van der Waals surface area contributed by atoms with Crippen LogP contribution in [0.1, 0.15) is 40.2 Å². The third-order valence-corrected chi connectivity index (χ3v) is 4.91. The third kappa shape index (κ3) is 5.19. The summed E-state index contributed by atoms with van der Waals surface area (Å²) in [5.74, 6) is -0.958. The van der Waals surface area contributed by atoms with Crippen LogP contribution in [0.4, 0.5) is 5.69 Å². The number of carbonyl (C=O) groups is 2. The van der Waals surface area contributed by atoms with Gasteiger partial charge in [0.2, 0.25) is 6.29 Å². The zero-order valence-corrected chi connectivity index (χ0v) is 16.5. The minimum Gasteiger partial charge on any atom is -0.461 e. The average Bonchev–Trinajstić information content (AvgIpc) is 2.61. The summed E-state index contributed by atoms with van der Waals surface area (Å²) in [6.45, 7) is 8.23. The van der Waals surface area contributed by atoms with Crippen molar-refractivity contribution in [3.05, 3.63) is 33.9 Å². The standard InChI is InChI=1S/C19H25NO8/c1-10-11(2)18(27-14(5)22)19(26-12(10)3)28-17-7-6-15(9-25-13(4)21)8-16(17)20(23)24/h6-8,10-12,18-19H,9H2,1-5H3/t10-,11-,12?,18?,19-/m0/s1. The van der Waals surface area contributed by atoms with E-state index in [1.54, 1.807) is 6.07 Å². The topological polar surface area (TPSA) is 114 Å². The fraction of sp³-hybridized carbons (Fsp3) is 0.579. The highest BCUT2D eigenvalue weighted by molar-refractivity contribution is 5.66. The Balaban J connectivity index is 2.28. The van der Waals surface area contributed by atoms with Crippen LogP contribution in [0.5, 0.6) is 5.75 Å². The van der Waals surface area contributed by atoms with Gasteiger partial charge in [-0.3, -0.25) is 19.7 Å². The zero-order valence-electron chi connectivity index (χ0n) is 16.5. The van der Waals surface area contributed by atoms with Crippen molar-refractivity contribution < 1.29 is 33.5 Å². The molecule has 1 heterocycles. The van der Waals surface area contributed by atoms with Crippen LogP contribution in [0.2, 0.25) is 0 Å². The van der Waals surface area contributed by atoms with Crippen molar-refractivity contribution in [1.29, 1.82) is 0 Å². The first-order valence-electron chi connectivity index (χ1n) is 9.00. The molecule has 1 aliphatic rings. The van der Waals surface area contributed by atoms with Gasteiger partial charge in [0.05, 0.1) is 11.0 Å². The summed E-state index contributed by atoms with van der Waals surface area (Å²) < 4.78 is 21.9. The molecule has 9 heteroatoms. The molecular formula is C19H25NO8. The largest absolute Gasteiger partial charge is 0.461 e. The Morgan fingerprint density at radius 1 is 1.14 bits per heavy atom. The molecule has 1 aromatic rings. The number of nitrogens with zero attached hydrogens (tertiary/aromatic N) is 1. The Bertz CT molecular complexity index is 749. The fourth-order valence-electron chi connectivity index (χ4n) is 3.04. The van der Waals surface area contributed by atoms with Gasteiger partial charge < -0.3 is 18.9 Å². The highest BCUT2D eigenvalue weighted by atomic mass is 16.7. The number of rotatable bonds is 6. The van der Waals surface area contributed by atoms with Crippen LogP contribution >= 0.6 is 0 Å². The molecule has 28 heavy (non-hydrogen) atoms. The lowest BCUT2D eigenvalue weighted by Gasteiger charge is -2.42. The number of esters is 2. The Morgan fingerprint density at radius 2 is 1.82 bits per heavy atom.